The summed E-state index contributed by atoms with van der Waals surface area (Å²) in [5, 5.41) is 13.3. The maximum Gasteiger partial charge on any atom is 0.410 e. The number of hydrogen-bond donors (Lipinski definition) is 1. The van der Waals surface area contributed by atoms with Gasteiger partial charge in [0.1, 0.15) is 5.60 Å². The van der Waals surface area contributed by atoms with Crippen LogP contribution in [0, 0.1) is 5.92 Å². The van der Waals surface area contributed by atoms with Gasteiger partial charge in [-0.05, 0) is 39.1 Å². The van der Waals surface area contributed by atoms with Gasteiger partial charge in [0.2, 0.25) is 0 Å². The summed E-state index contributed by atoms with van der Waals surface area (Å²) < 4.78 is 5.31. The molecule has 2 atom stereocenters. The van der Waals surface area contributed by atoms with Gasteiger partial charge >= 0.3 is 6.09 Å². The molecule has 1 heterocycles. The van der Waals surface area contributed by atoms with Gasteiger partial charge in [0, 0.05) is 23.9 Å². The minimum absolute atomic E-state index is 0.0450. The average Bonchev–Trinajstić information content (AvgIpc) is 2.34. The third-order valence-electron chi connectivity index (χ3n) is 2.99. The monoisotopic (exact) mass is 270 g/mol. The van der Waals surface area contributed by atoms with Crippen molar-refractivity contribution in [2.45, 2.75) is 45.3 Å². The number of rotatable bonds is 3. The van der Waals surface area contributed by atoms with E-state index in [-0.39, 0.29) is 18.6 Å². The third-order valence-corrected chi connectivity index (χ3v) is 2.99. The summed E-state index contributed by atoms with van der Waals surface area (Å²) >= 11 is 0. The van der Waals surface area contributed by atoms with Gasteiger partial charge in [0.05, 0.1) is 12.6 Å². The van der Waals surface area contributed by atoms with Gasteiger partial charge in [-0.15, -0.1) is 0 Å². The highest BCUT2D eigenvalue weighted by atomic mass is 16.6. The Labute approximate surface area is 113 Å². The van der Waals surface area contributed by atoms with Crippen molar-refractivity contribution in [1.29, 1.82) is 0 Å². The molecule has 1 aliphatic rings. The van der Waals surface area contributed by atoms with Crippen LogP contribution in [0.3, 0.4) is 0 Å². The number of carbonyl (C=O) groups is 1. The topological polar surface area (TPSA) is 98.5 Å². The zero-order chi connectivity index (χ0) is 14.5. The molecule has 1 saturated heterocycles. The highest BCUT2D eigenvalue weighted by Crippen LogP contribution is 2.22. The van der Waals surface area contributed by atoms with Crippen LogP contribution in [0.5, 0.6) is 0 Å². The fourth-order valence-electron chi connectivity index (χ4n) is 2.09. The zero-order valence-electron chi connectivity index (χ0n) is 11.7. The standard InChI is InChI=1S/C12H22N4O3/c1-12(2,3)19-11(18)16-6-4-5-9(8-16)10(17)7-14-15-13/h9-10,17H,4-8H2,1-3H3/t9-,10-/m0/s1. The first-order valence-electron chi connectivity index (χ1n) is 6.50. The fraction of sp³-hybridized carbons (Fsp3) is 0.917. The second-order valence-electron chi connectivity index (χ2n) is 5.81. The van der Waals surface area contributed by atoms with E-state index in [9.17, 15) is 9.90 Å². The number of piperidine rings is 1. The van der Waals surface area contributed by atoms with E-state index < -0.39 is 11.7 Å². The maximum absolute atomic E-state index is 11.9. The Kier molecular flexibility index (Phi) is 5.44. The van der Waals surface area contributed by atoms with Gasteiger partial charge in [-0.1, -0.05) is 5.11 Å². The number of nitrogens with zero attached hydrogens (tertiary/aromatic N) is 4. The van der Waals surface area contributed by atoms with Crippen LogP contribution in [0.15, 0.2) is 5.11 Å². The van der Waals surface area contributed by atoms with Gasteiger partial charge in [-0.2, -0.15) is 0 Å². The highest BCUT2D eigenvalue weighted by molar-refractivity contribution is 5.68. The number of azide groups is 1. The molecule has 1 rings (SSSR count). The van der Waals surface area contributed by atoms with E-state index in [0.29, 0.717) is 13.1 Å². The molecule has 0 aromatic heterocycles. The van der Waals surface area contributed by atoms with E-state index in [1.165, 1.54) is 0 Å². The zero-order valence-corrected chi connectivity index (χ0v) is 11.7. The number of carbonyl (C=O) groups excluding carboxylic acids is 1. The second kappa shape index (κ2) is 6.63. The summed E-state index contributed by atoms with van der Waals surface area (Å²) in [5.41, 5.74) is 7.72. The quantitative estimate of drug-likeness (QED) is 0.484. The van der Waals surface area contributed by atoms with Crippen molar-refractivity contribution in [3.63, 3.8) is 0 Å². The van der Waals surface area contributed by atoms with E-state index in [2.05, 4.69) is 10.0 Å². The number of aliphatic hydroxyl groups excluding tert-OH is 1. The summed E-state index contributed by atoms with van der Waals surface area (Å²) in [4.78, 5) is 16.2. The van der Waals surface area contributed by atoms with Crippen molar-refractivity contribution in [2.75, 3.05) is 19.6 Å². The third kappa shape index (κ3) is 5.36. The Balaban J connectivity index is 2.54. The molecule has 0 aromatic carbocycles. The normalized spacial score (nSPS) is 21.5. The minimum Gasteiger partial charge on any atom is -0.444 e. The summed E-state index contributed by atoms with van der Waals surface area (Å²) in [7, 11) is 0. The van der Waals surface area contributed by atoms with E-state index in [1.54, 1.807) is 4.90 Å². The first-order chi connectivity index (χ1) is 8.83. The molecule has 7 heteroatoms. The molecule has 19 heavy (non-hydrogen) atoms. The lowest BCUT2D eigenvalue weighted by Gasteiger charge is -2.35. The van der Waals surface area contributed by atoms with Crippen LogP contribution in [0.25, 0.3) is 10.4 Å². The lowest BCUT2D eigenvalue weighted by molar-refractivity contribution is 0.00417. The summed E-state index contributed by atoms with van der Waals surface area (Å²) in [6.45, 7) is 6.59. The fourth-order valence-corrected chi connectivity index (χ4v) is 2.09. The number of likely N-dealkylation sites (tertiary alicyclic amines) is 1. The van der Waals surface area contributed by atoms with Crippen LogP contribution >= 0.6 is 0 Å². The minimum atomic E-state index is -0.707. The SMILES string of the molecule is CC(C)(C)OC(=O)N1CCC[C@H]([C@@H](O)CN=[N+]=[N-])C1. The van der Waals surface area contributed by atoms with Gasteiger partial charge in [-0.25, -0.2) is 4.79 Å². The highest BCUT2D eigenvalue weighted by Gasteiger charge is 2.30. The van der Waals surface area contributed by atoms with E-state index in [1.807, 2.05) is 20.8 Å². The smallest absolute Gasteiger partial charge is 0.410 e. The summed E-state index contributed by atoms with van der Waals surface area (Å²) in [6, 6.07) is 0. The molecule has 1 fully saturated rings. The Morgan fingerprint density at radius 1 is 1.63 bits per heavy atom. The summed E-state index contributed by atoms with van der Waals surface area (Å²) in [5.74, 6) is -0.0632. The molecule has 0 radical (unpaired) electrons. The van der Waals surface area contributed by atoms with E-state index >= 15 is 0 Å². The molecule has 0 spiro atoms. The Hall–Kier alpha value is -1.46. The van der Waals surface area contributed by atoms with Crippen molar-refractivity contribution in [2.24, 2.45) is 11.0 Å². The first-order valence-corrected chi connectivity index (χ1v) is 6.50. The molecule has 1 aliphatic heterocycles. The molecule has 7 nitrogen and oxygen atoms in total. The molecule has 1 N–H and O–H groups in total. The molecule has 0 aliphatic carbocycles. The molecule has 0 aromatic rings. The molecule has 0 unspecified atom stereocenters. The van der Waals surface area contributed by atoms with Crippen LogP contribution in [0.4, 0.5) is 4.79 Å². The number of aliphatic hydroxyl groups is 1. The molecular weight excluding hydrogens is 248 g/mol. The van der Waals surface area contributed by atoms with E-state index in [0.717, 1.165) is 12.8 Å². The number of ether oxygens (including phenoxy) is 1. The Morgan fingerprint density at radius 3 is 2.89 bits per heavy atom. The van der Waals surface area contributed by atoms with Gasteiger partial charge in [0.25, 0.3) is 0 Å². The van der Waals surface area contributed by atoms with Crippen molar-refractivity contribution in [1.82, 2.24) is 4.90 Å². The lowest BCUT2D eigenvalue weighted by atomic mass is 9.93. The molecule has 108 valence electrons. The van der Waals surface area contributed by atoms with E-state index in [4.69, 9.17) is 10.3 Å². The van der Waals surface area contributed by atoms with Crippen LogP contribution in [0.2, 0.25) is 0 Å². The van der Waals surface area contributed by atoms with Crippen molar-refractivity contribution >= 4 is 6.09 Å². The number of amides is 1. The molecular formula is C12H22N4O3. The average molecular weight is 270 g/mol. The molecule has 0 saturated carbocycles. The second-order valence-corrected chi connectivity index (χ2v) is 5.81. The van der Waals surface area contributed by atoms with Gasteiger partial charge < -0.3 is 14.7 Å². The van der Waals surface area contributed by atoms with Crippen molar-refractivity contribution < 1.29 is 14.6 Å². The predicted molar refractivity (Wildman–Crippen MR) is 70.6 cm³/mol. The maximum atomic E-state index is 11.9. The Bertz CT molecular complexity index is 360. The first kappa shape index (κ1) is 15.6. The predicted octanol–water partition coefficient (Wildman–Crippen LogP) is 2.30. The van der Waals surface area contributed by atoms with Crippen molar-refractivity contribution in [3.8, 4) is 0 Å². The van der Waals surface area contributed by atoms with Crippen molar-refractivity contribution in [3.05, 3.63) is 10.4 Å². The van der Waals surface area contributed by atoms with Gasteiger partial charge in [-0.3, -0.25) is 0 Å². The number of hydrogen-bond acceptors (Lipinski definition) is 4. The lowest BCUT2D eigenvalue weighted by Crippen LogP contribution is -2.46. The summed E-state index contributed by atoms with van der Waals surface area (Å²) in [6.07, 6.45) is 0.577. The van der Waals surface area contributed by atoms with Crippen LogP contribution in [-0.4, -0.2) is 47.4 Å². The van der Waals surface area contributed by atoms with Crippen LogP contribution < -0.4 is 0 Å². The van der Waals surface area contributed by atoms with Crippen LogP contribution in [-0.2, 0) is 4.74 Å². The van der Waals surface area contributed by atoms with Crippen LogP contribution in [0.1, 0.15) is 33.6 Å². The largest absolute Gasteiger partial charge is 0.444 e. The van der Waals surface area contributed by atoms with Gasteiger partial charge in [0.15, 0.2) is 0 Å². The molecule has 1 amide bonds. The molecule has 0 bridgehead atoms. The Morgan fingerprint density at radius 2 is 2.32 bits per heavy atom.